The molecule has 0 saturated carbocycles. The largest absolute Gasteiger partial charge is 0.508 e. The van der Waals surface area contributed by atoms with Crippen LogP contribution >= 0.6 is 0 Å². The maximum Gasteiger partial charge on any atom is 0.309 e. The summed E-state index contributed by atoms with van der Waals surface area (Å²) in [4.78, 5) is 47.9. The number of phenols is 1. The number of unbranched alkanes of at least 4 members (excludes halogenated alkanes) is 2. The second-order valence-corrected chi connectivity index (χ2v) is 17.9. The molecule has 1 atom stereocenters. The summed E-state index contributed by atoms with van der Waals surface area (Å²) in [5.74, 6) is -3.09. The summed E-state index contributed by atoms with van der Waals surface area (Å²) >= 11 is 0. The molecule has 0 saturated heterocycles. The third kappa shape index (κ3) is 13.2. The molecule has 0 aliphatic rings. The highest BCUT2D eigenvalue weighted by atomic mass is 16.4. The molecule has 2 aromatic carbocycles. The average molecular weight is 753 g/mol. The van der Waals surface area contributed by atoms with E-state index >= 15 is 0 Å². The maximum atomic E-state index is 12.8. The number of rotatable bonds is 25. The molecule has 2 aromatic rings. The zero-order valence-corrected chi connectivity index (χ0v) is 34.5. The Hall–Kier alpha value is -3.88. The minimum absolute atomic E-state index is 0.232. The smallest absolute Gasteiger partial charge is 0.309 e. The van der Waals surface area contributed by atoms with Crippen LogP contribution in [0.1, 0.15) is 158 Å². The van der Waals surface area contributed by atoms with Crippen molar-refractivity contribution in [1.29, 1.82) is 0 Å². The summed E-state index contributed by atoms with van der Waals surface area (Å²) in [6, 6.07) is 7.66. The van der Waals surface area contributed by atoms with E-state index in [0.717, 1.165) is 52.6 Å². The third-order valence-electron chi connectivity index (χ3n) is 12.0. The maximum absolute atomic E-state index is 12.8. The zero-order chi connectivity index (χ0) is 41.1. The van der Waals surface area contributed by atoms with Crippen LogP contribution in [0.25, 0.3) is 0 Å². The molecule has 5 N–H and O–H groups in total. The highest BCUT2D eigenvalue weighted by Crippen LogP contribution is 2.36. The summed E-state index contributed by atoms with van der Waals surface area (Å²) < 4.78 is 0. The van der Waals surface area contributed by atoms with Crippen molar-refractivity contribution in [3.05, 3.63) is 63.2 Å². The lowest BCUT2D eigenvalue weighted by Crippen LogP contribution is -2.28. The SMILES string of the molecule is Cc1cc(CCC(C)(CCCCc2c(O)cccc2CCCCC(C)(C)C(=O)O)C(=O)O)c(CCCC(C)(C)C(=O)O)c(CCCC(C)(C)C(=O)O)c1C. The van der Waals surface area contributed by atoms with Crippen LogP contribution < -0.4 is 0 Å². The van der Waals surface area contributed by atoms with E-state index < -0.39 is 45.5 Å². The van der Waals surface area contributed by atoms with Crippen LogP contribution in [0.5, 0.6) is 5.75 Å². The van der Waals surface area contributed by atoms with Crippen LogP contribution in [0.3, 0.4) is 0 Å². The van der Waals surface area contributed by atoms with E-state index in [-0.39, 0.29) is 5.75 Å². The number of carbonyl (C=O) groups is 4. The fourth-order valence-electron chi connectivity index (χ4n) is 7.32. The van der Waals surface area contributed by atoms with Crippen molar-refractivity contribution < 1.29 is 44.7 Å². The van der Waals surface area contributed by atoms with E-state index in [9.17, 15) is 44.7 Å². The number of phenolic OH excluding ortho intramolecular Hbond substituents is 1. The molecular weight excluding hydrogens is 684 g/mol. The highest BCUT2D eigenvalue weighted by Gasteiger charge is 2.33. The summed E-state index contributed by atoms with van der Waals surface area (Å²) in [7, 11) is 0. The van der Waals surface area contributed by atoms with Gasteiger partial charge in [0.25, 0.3) is 0 Å². The Morgan fingerprint density at radius 2 is 0.963 bits per heavy atom. The topological polar surface area (TPSA) is 169 Å². The molecule has 9 heteroatoms. The summed E-state index contributed by atoms with van der Waals surface area (Å²) in [5.41, 5.74) is 4.07. The van der Waals surface area contributed by atoms with Crippen LogP contribution in [0.15, 0.2) is 24.3 Å². The Balaban J connectivity index is 2.23. The van der Waals surface area contributed by atoms with E-state index in [2.05, 4.69) is 19.9 Å². The number of aliphatic carboxylic acids is 4. The van der Waals surface area contributed by atoms with Gasteiger partial charge in [-0.1, -0.05) is 31.0 Å². The minimum atomic E-state index is -0.981. The third-order valence-corrected chi connectivity index (χ3v) is 12.0. The fourth-order valence-corrected chi connectivity index (χ4v) is 7.32. The number of carboxylic acids is 4. The zero-order valence-electron chi connectivity index (χ0n) is 34.5. The lowest BCUT2D eigenvalue weighted by Gasteiger charge is -2.27. The Kier molecular flexibility index (Phi) is 16.8. The molecule has 0 aliphatic heterocycles. The van der Waals surface area contributed by atoms with Crippen molar-refractivity contribution in [3.63, 3.8) is 0 Å². The Morgan fingerprint density at radius 1 is 0.500 bits per heavy atom. The van der Waals surface area contributed by atoms with Crippen molar-refractivity contribution in [1.82, 2.24) is 0 Å². The first kappa shape index (κ1) is 46.3. The van der Waals surface area contributed by atoms with E-state index in [4.69, 9.17) is 0 Å². The molecule has 0 spiro atoms. The van der Waals surface area contributed by atoms with Gasteiger partial charge in [0.15, 0.2) is 0 Å². The van der Waals surface area contributed by atoms with Gasteiger partial charge in [-0.2, -0.15) is 0 Å². The van der Waals surface area contributed by atoms with Crippen LogP contribution in [-0.4, -0.2) is 49.4 Å². The summed E-state index contributed by atoms with van der Waals surface area (Å²) in [6.45, 7) is 16.4. The lowest BCUT2D eigenvalue weighted by atomic mass is 9.77. The number of aryl methyl sites for hydroxylation is 3. The van der Waals surface area contributed by atoms with Crippen LogP contribution in [0.2, 0.25) is 0 Å². The van der Waals surface area contributed by atoms with Gasteiger partial charge in [0.05, 0.1) is 21.7 Å². The minimum Gasteiger partial charge on any atom is -0.508 e. The quantitative estimate of drug-likeness (QED) is 0.0620. The van der Waals surface area contributed by atoms with Gasteiger partial charge in [0.2, 0.25) is 0 Å². The van der Waals surface area contributed by atoms with Gasteiger partial charge in [-0.05, 0) is 197 Å². The average Bonchev–Trinajstić information content (AvgIpc) is 3.07. The molecule has 0 radical (unpaired) electrons. The van der Waals surface area contributed by atoms with Crippen molar-refractivity contribution >= 4 is 23.9 Å². The standard InChI is InChI=1S/C45H68O9/c1-30-29-33(35(21-16-26-44(7,8)40(51)52)34(31(30)2)20-15-25-43(5,6)39(49)50)23-28-45(9,41(53)54)27-13-11-19-36-32(18-14-22-37(36)46)17-10-12-24-42(3,4)38(47)48/h14,18,22,29,46H,10-13,15-17,19-21,23-28H2,1-9H3,(H,47,48)(H,49,50)(H,51,52)(H,53,54). The van der Waals surface area contributed by atoms with E-state index in [0.29, 0.717) is 83.5 Å². The highest BCUT2D eigenvalue weighted by molar-refractivity contribution is 5.75. The molecule has 0 fully saturated rings. The van der Waals surface area contributed by atoms with Crippen LogP contribution in [-0.2, 0) is 51.3 Å². The van der Waals surface area contributed by atoms with Crippen molar-refractivity contribution in [2.75, 3.05) is 0 Å². The molecule has 0 heterocycles. The lowest BCUT2D eigenvalue weighted by molar-refractivity contribution is -0.149. The van der Waals surface area contributed by atoms with Gasteiger partial charge in [-0.25, -0.2) is 0 Å². The van der Waals surface area contributed by atoms with Gasteiger partial charge in [0, 0.05) is 0 Å². The van der Waals surface area contributed by atoms with E-state index in [1.807, 2.05) is 19.1 Å². The summed E-state index contributed by atoms with van der Waals surface area (Å²) in [5, 5.41) is 50.0. The number of carboxylic acid groups (broad SMARTS) is 4. The number of benzene rings is 2. The first-order chi connectivity index (χ1) is 24.9. The van der Waals surface area contributed by atoms with E-state index in [1.54, 1.807) is 47.6 Å². The molecule has 2 rings (SSSR count). The Labute approximate surface area is 323 Å². The number of hydrogen-bond acceptors (Lipinski definition) is 5. The predicted octanol–water partition coefficient (Wildman–Crippen LogP) is 10.1. The van der Waals surface area contributed by atoms with E-state index in [1.165, 1.54) is 5.56 Å². The molecule has 1 unspecified atom stereocenters. The molecular formula is C45H68O9. The van der Waals surface area contributed by atoms with Gasteiger partial charge in [-0.15, -0.1) is 0 Å². The first-order valence-electron chi connectivity index (χ1n) is 19.8. The first-order valence-corrected chi connectivity index (χ1v) is 19.8. The van der Waals surface area contributed by atoms with Crippen LogP contribution in [0, 0.1) is 35.5 Å². The second-order valence-electron chi connectivity index (χ2n) is 17.9. The van der Waals surface area contributed by atoms with Gasteiger partial charge < -0.3 is 25.5 Å². The van der Waals surface area contributed by atoms with Crippen molar-refractivity contribution in [2.45, 2.75) is 165 Å². The molecule has 9 nitrogen and oxygen atoms in total. The van der Waals surface area contributed by atoms with Crippen molar-refractivity contribution in [3.8, 4) is 5.75 Å². The number of hydrogen-bond donors (Lipinski definition) is 5. The normalized spacial score (nSPS) is 13.4. The molecule has 0 amide bonds. The Bertz CT molecular complexity index is 1620. The fraction of sp³-hybridized carbons (Fsp3) is 0.644. The Morgan fingerprint density at radius 3 is 1.48 bits per heavy atom. The van der Waals surface area contributed by atoms with Crippen LogP contribution in [0.4, 0.5) is 0 Å². The molecule has 54 heavy (non-hydrogen) atoms. The molecule has 302 valence electrons. The second kappa shape index (κ2) is 19.6. The van der Waals surface area contributed by atoms with Gasteiger partial charge in [-0.3, -0.25) is 19.2 Å². The monoisotopic (exact) mass is 752 g/mol. The molecule has 0 aromatic heterocycles. The van der Waals surface area contributed by atoms with Crippen molar-refractivity contribution in [2.24, 2.45) is 21.7 Å². The number of aromatic hydroxyl groups is 1. The van der Waals surface area contributed by atoms with Gasteiger partial charge in [0.1, 0.15) is 5.75 Å². The summed E-state index contributed by atoms with van der Waals surface area (Å²) in [6.07, 6.45) is 10.0. The molecule has 0 aliphatic carbocycles. The predicted molar refractivity (Wildman–Crippen MR) is 213 cm³/mol. The van der Waals surface area contributed by atoms with Gasteiger partial charge >= 0.3 is 23.9 Å². The molecule has 0 bridgehead atoms.